The lowest BCUT2D eigenvalue weighted by Crippen LogP contribution is -2.03. The van der Waals surface area contributed by atoms with E-state index in [0.717, 1.165) is 55.5 Å². The number of imidazole rings is 1. The van der Waals surface area contributed by atoms with Crippen LogP contribution < -0.4 is 0 Å². The molecule has 156 valence electrons. The van der Waals surface area contributed by atoms with Gasteiger partial charge in [0.25, 0.3) is 0 Å². The third-order valence-corrected chi connectivity index (χ3v) is 6.03. The van der Waals surface area contributed by atoms with Gasteiger partial charge in [-0.15, -0.1) is 0 Å². The largest absolute Gasteiger partial charge is 0.455 e. The maximum atomic E-state index is 13.4. The Morgan fingerprint density at radius 3 is 2.41 bits per heavy atom. The first-order chi connectivity index (χ1) is 15.6. The van der Waals surface area contributed by atoms with E-state index in [4.69, 9.17) is 9.40 Å². The van der Waals surface area contributed by atoms with Crippen molar-refractivity contribution in [3.63, 3.8) is 0 Å². The van der Waals surface area contributed by atoms with Crippen molar-refractivity contribution in [1.29, 1.82) is 0 Å². The molecule has 0 aliphatic carbocycles. The fraction of sp³-hybridized carbons (Fsp3) is 0.107. The SMILES string of the molecule is CC(C)n1c(-c2cccc3c2oc2ccc(-c4ccc(F)cc4)cc23)nc2ccccc21. The summed E-state index contributed by atoms with van der Waals surface area (Å²) in [6, 6.07) is 27.4. The van der Waals surface area contributed by atoms with Gasteiger partial charge in [0.1, 0.15) is 22.8 Å². The molecule has 0 unspecified atom stereocenters. The third-order valence-electron chi connectivity index (χ3n) is 6.03. The third kappa shape index (κ3) is 2.83. The van der Waals surface area contributed by atoms with Gasteiger partial charge in [0.15, 0.2) is 0 Å². The molecule has 0 radical (unpaired) electrons. The average molecular weight is 420 g/mol. The minimum Gasteiger partial charge on any atom is -0.455 e. The van der Waals surface area contributed by atoms with Crippen LogP contribution in [0, 0.1) is 5.82 Å². The zero-order valence-electron chi connectivity index (χ0n) is 17.8. The second-order valence-corrected chi connectivity index (χ2v) is 8.39. The van der Waals surface area contributed by atoms with Gasteiger partial charge in [0, 0.05) is 16.8 Å². The molecule has 0 amide bonds. The summed E-state index contributed by atoms with van der Waals surface area (Å²) in [5, 5.41) is 2.08. The first-order valence-electron chi connectivity index (χ1n) is 10.8. The molecule has 6 aromatic rings. The molecule has 2 aromatic heterocycles. The highest BCUT2D eigenvalue weighted by Gasteiger charge is 2.19. The summed E-state index contributed by atoms with van der Waals surface area (Å²) in [4.78, 5) is 4.97. The van der Waals surface area contributed by atoms with Crippen molar-refractivity contribution in [2.75, 3.05) is 0 Å². The molecule has 0 spiro atoms. The highest BCUT2D eigenvalue weighted by atomic mass is 19.1. The molecule has 0 bridgehead atoms. The van der Waals surface area contributed by atoms with Crippen LogP contribution in [-0.4, -0.2) is 9.55 Å². The molecule has 3 nitrogen and oxygen atoms in total. The van der Waals surface area contributed by atoms with Crippen LogP contribution in [-0.2, 0) is 0 Å². The van der Waals surface area contributed by atoms with Gasteiger partial charge >= 0.3 is 0 Å². The van der Waals surface area contributed by atoms with Crippen molar-refractivity contribution in [2.24, 2.45) is 0 Å². The number of rotatable bonds is 3. The Bertz CT molecular complexity index is 1610. The quantitative estimate of drug-likeness (QED) is 0.290. The second-order valence-electron chi connectivity index (χ2n) is 8.39. The Hall–Kier alpha value is -3.92. The molecule has 0 N–H and O–H groups in total. The van der Waals surface area contributed by atoms with Gasteiger partial charge in [-0.3, -0.25) is 0 Å². The van der Waals surface area contributed by atoms with Crippen LogP contribution in [0.2, 0.25) is 0 Å². The van der Waals surface area contributed by atoms with Crippen molar-refractivity contribution in [3.8, 4) is 22.5 Å². The number of aromatic nitrogens is 2. The van der Waals surface area contributed by atoms with E-state index in [1.165, 1.54) is 12.1 Å². The van der Waals surface area contributed by atoms with Crippen molar-refractivity contribution < 1.29 is 8.81 Å². The highest BCUT2D eigenvalue weighted by molar-refractivity contribution is 6.10. The van der Waals surface area contributed by atoms with Crippen molar-refractivity contribution in [1.82, 2.24) is 9.55 Å². The zero-order valence-corrected chi connectivity index (χ0v) is 17.8. The molecular weight excluding hydrogens is 399 g/mol. The number of hydrogen-bond acceptors (Lipinski definition) is 2. The second kappa shape index (κ2) is 7.06. The summed E-state index contributed by atoms with van der Waals surface area (Å²) >= 11 is 0. The number of para-hydroxylation sites is 3. The van der Waals surface area contributed by atoms with Gasteiger partial charge in [-0.1, -0.05) is 42.5 Å². The molecule has 4 heteroatoms. The van der Waals surface area contributed by atoms with E-state index in [9.17, 15) is 4.39 Å². The Morgan fingerprint density at radius 2 is 1.59 bits per heavy atom. The summed E-state index contributed by atoms with van der Waals surface area (Å²) in [7, 11) is 0. The Balaban J connectivity index is 1.60. The van der Waals surface area contributed by atoms with Gasteiger partial charge in [-0.25, -0.2) is 9.37 Å². The van der Waals surface area contributed by atoms with E-state index in [1.54, 1.807) is 12.1 Å². The molecule has 0 saturated carbocycles. The summed E-state index contributed by atoms with van der Waals surface area (Å²) < 4.78 is 22.0. The molecule has 4 aromatic carbocycles. The summed E-state index contributed by atoms with van der Waals surface area (Å²) in [5.74, 6) is 0.672. The van der Waals surface area contributed by atoms with Crippen LogP contribution in [0.3, 0.4) is 0 Å². The van der Waals surface area contributed by atoms with Crippen LogP contribution in [0.1, 0.15) is 19.9 Å². The first kappa shape index (κ1) is 18.8. The van der Waals surface area contributed by atoms with E-state index in [0.29, 0.717) is 0 Å². The number of furan rings is 1. The van der Waals surface area contributed by atoms with Crippen LogP contribution in [0.15, 0.2) is 89.3 Å². The summed E-state index contributed by atoms with van der Waals surface area (Å²) in [5.41, 5.74) is 6.72. The van der Waals surface area contributed by atoms with E-state index < -0.39 is 0 Å². The van der Waals surface area contributed by atoms with Gasteiger partial charge < -0.3 is 8.98 Å². The molecule has 0 atom stereocenters. The van der Waals surface area contributed by atoms with Crippen LogP contribution in [0.25, 0.3) is 55.5 Å². The molecular formula is C28H21FN2O. The van der Waals surface area contributed by atoms with Crippen molar-refractivity contribution >= 4 is 33.0 Å². The predicted octanol–water partition coefficient (Wildman–Crippen LogP) is 7.99. The lowest BCUT2D eigenvalue weighted by molar-refractivity contribution is 0.622. The molecule has 32 heavy (non-hydrogen) atoms. The van der Waals surface area contributed by atoms with Gasteiger partial charge in [0.05, 0.1) is 16.6 Å². The monoisotopic (exact) mass is 420 g/mol. The molecule has 6 rings (SSSR count). The number of nitrogens with zero attached hydrogens (tertiary/aromatic N) is 2. The van der Waals surface area contributed by atoms with Crippen molar-refractivity contribution in [3.05, 3.63) is 90.7 Å². The van der Waals surface area contributed by atoms with Crippen LogP contribution >= 0.6 is 0 Å². The maximum absolute atomic E-state index is 13.4. The predicted molar refractivity (Wildman–Crippen MR) is 128 cm³/mol. The summed E-state index contributed by atoms with van der Waals surface area (Å²) in [6.45, 7) is 4.34. The Labute approximate surface area is 184 Å². The minimum absolute atomic E-state index is 0.235. The van der Waals surface area contributed by atoms with E-state index in [1.807, 2.05) is 30.3 Å². The number of halogens is 1. The standard InChI is InChI=1S/C28H21FN2O/c1-17(2)31-25-9-4-3-8-24(25)30-28(31)22-7-5-6-21-23-16-19(12-15-26(23)32-27(21)22)18-10-13-20(29)14-11-18/h3-17H,1-2H3. The Morgan fingerprint density at radius 1 is 0.812 bits per heavy atom. The molecule has 2 heterocycles. The Kier molecular flexibility index (Phi) is 4.15. The number of benzene rings is 4. The summed E-state index contributed by atoms with van der Waals surface area (Å²) in [6.07, 6.45) is 0. The van der Waals surface area contributed by atoms with Crippen molar-refractivity contribution in [2.45, 2.75) is 19.9 Å². The normalized spacial score (nSPS) is 11.9. The number of fused-ring (bicyclic) bond motifs is 4. The molecule has 0 fully saturated rings. The smallest absolute Gasteiger partial charge is 0.146 e. The fourth-order valence-corrected chi connectivity index (χ4v) is 4.55. The fourth-order valence-electron chi connectivity index (χ4n) is 4.55. The average Bonchev–Trinajstić information content (AvgIpc) is 3.37. The minimum atomic E-state index is -0.235. The van der Waals surface area contributed by atoms with Crippen LogP contribution in [0.5, 0.6) is 0 Å². The molecule has 0 aliphatic heterocycles. The molecule has 0 aliphatic rings. The lowest BCUT2D eigenvalue weighted by atomic mass is 10.0. The first-order valence-corrected chi connectivity index (χ1v) is 10.8. The topological polar surface area (TPSA) is 31.0 Å². The van der Waals surface area contributed by atoms with Gasteiger partial charge in [-0.2, -0.15) is 0 Å². The highest BCUT2D eigenvalue weighted by Crippen LogP contribution is 2.38. The molecule has 0 saturated heterocycles. The van der Waals surface area contributed by atoms with E-state index in [-0.39, 0.29) is 11.9 Å². The van der Waals surface area contributed by atoms with E-state index in [2.05, 4.69) is 48.7 Å². The van der Waals surface area contributed by atoms with Gasteiger partial charge in [0.2, 0.25) is 0 Å². The number of hydrogen-bond donors (Lipinski definition) is 0. The lowest BCUT2D eigenvalue weighted by Gasteiger charge is -2.13. The maximum Gasteiger partial charge on any atom is 0.146 e. The van der Waals surface area contributed by atoms with Gasteiger partial charge in [-0.05, 0) is 67.4 Å². The van der Waals surface area contributed by atoms with Crippen LogP contribution in [0.4, 0.5) is 4.39 Å². The zero-order chi connectivity index (χ0) is 21.8. The van der Waals surface area contributed by atoms with E-state index >= 15 is 0 Å².